The Morgan fingerprint density at radius 2 is 1.92 bits per heavy atom. The average Bonchev–Trinajstić information content (AvgIpc) is 2.64. The van der Waals surface area contributed by atoms with Crippen LogP contribution in [0.3, 0.4) is 0 Å². The van der Waals surface area contributed by atoms with E-state index in [1.807, 2.05) is 0 Å². The van der Waals surface area contributed by atoms with Gasteiger partial charge in [-0.05, 0) is 18.6 Å². The third-order valence-corrected chi connectivity index (χ3v) is 6.06. The summed E-state index contributed by atoms with van der Waals surface area (Å²) in [5.74, 6) is 3.20. The summed E-state index contributed by atoms with van der Waals surface area (Å²) in [4.78, 5) is 17.3. The van der Waals surface area contributed by atoms with Crippen molar-refractivity contribution in [3.8, 4) is 28.7 Å². The lowest BCUT2D eigenvalue weighted by Gasteiger charge is -2.12. The van der Waals surface area contributed by atoms with Crippen molar-refractivity contribution in [3.05, 3.63) is 40.2 Å². The molecule has 2 aromatic rings. The molecule has 1 aromatic heterocycles. The van der Waals surface area contributed by atoms with Crippen molar-refractivity contribution >= 4 is 18.2 Å². The quantitative estimate of drug-likeness (QED) is 0.449. The third kappa shape index (κ3) is 3.32. The Kier molecular flexibility index (Phi) is 4.54. The minimum atomic E-state index is -4.05. The van der Waals surface area contributed by atoms with Crippen LogP contribution in [0.2, 0.25) is 19.6 Å². The molecule has 0 atom stereocenters. The van der Waals surface area contributed by atoms with Gasteiger partial charge in [0, 0.05) is 5.56 Å². The van der Waals surface area contributed by atoms with E-state index in [0.717, 1.165) is 0 Å². The molecule has 0 fully saturated rings. The van der Waals surface area contributed by atoms with Gasteiger partial charge in [0.1, 0.15) is 18.8 Å². The van der Waals surface area contributed by atoms with Crippen LogP contribution in [0, 0.1) is 11.5 Å². The molecule has 0 unspecified atom stereocenters. The van der Waals surface area contributed by atoms with Crippen molar-refractivity contribution in [1.29, 1.82) is 0 Å². The minimum Gasteiger partial charge on any atom is -0.358 e. The van der Waals surface area contributed by atoms with Gasteiger partial charge in [0.25, 0.3) is 5.56 Å². The number of benzene rings is 1. The van der Waals surface area contributed by atoms with Gasteiger partial charge < -0.3 is 4.18 Å². The summed E-state index contributed by atoms with van der Waals surface area (Å²) in [6, 6.07) is 6.40. The molecule has 0 saturated carbocycles. The van der Waals surface area contributed by atoms with Gasteiger partial charge in [-0.1, -0.05) is 44.6 Å². The van der Waals surface area contributed by atoms with Crippen LogP contribution in [-0.4, -0.2) is 26.0 Å². The molecule has 26 heavy (non-hydrogen) atoms. The van der Waals surface area contributed by atoms with E-state index in [1.165, 1.54) is 10.6 Å². The van der Waals surface area contributed by atoms with Gasteiger partial charge in [-0.2, -0.15) is 13.4 Å². The number of rotatable bonds is 2. The Morgan fingerprint density at radius 3 is 2.58 bits per heavy atom. The maximum Gasteiger partial charge on any atom is 0.341 e. The van der Waals surface area contributed by atoms with Crippen LogP contribution in [0.5, 0.6) is 5.88 Å². The van der Waals surface area contributed by atoms with Crippen molar-refractivity contribution in [2.45, 2.75) is 44.4 Å². The van der Waals surface area contributed by atoms with E-state index in [1.54, 1.807) is 25.1 Å². The standard InChI is InChI=1S/C18H20N2O4SSi/c1-5-13-17-19-16(20(18(13)21)11-8-12-26(2,3)4)14-9-6-7-10-15(14)25(22,23)24-17/h6-7,9-10H,5,11H2,1-4H3. The highest BCUT2D eigenvalue weighted by Gasteiger charge is 2.31. The van der Waals surface area contributed by atoms with Crippen LogP contribution in [-0.2, 0) is 23.1 Å². The predicted molar refractivity (Wildman–Crippen MR) is 102 cm³/mol. The summed E-state index contributed by atoms with van der Waals surface area (Å²) >= 11 is 0. The second-order valence-corrected chi connectivity index (χ2v) is 13.3. The highest BCUT2D eigenvalue weighted by molar-refractivity contribution is 7.87. The Hall–Kier alpha value is -2.37. The van der Waals surface area contributed by atoms with Crippen LogP contribution >= 0.6 is 0 Å². The normalized spacial score (nSPS) is 14.5. The molecule has 1 aromatic carbocycles. The van der Waals surface area contributed by atoms with E-state index < -0.39 is 18.2 Å². The first kappa shape index (κ1) is 18.4. The molecule has 0 spiro atoms. The van der Waals surface area contributed by atoms with E-state index in [0.29, 0.717) is 12.0 Å². The summed E-state index contributed by atoms with van der Waals surface area (Å²) in [6.07, 6.45) is 0.314. The van der Waals surface area contributed by atoms with Gasteiger partial charge in [0.15, 0.2) is 0 Å². The van der Waals surface area contributed by atoms with Crippen LogP contribution in [0.15, 0.2) is 34.0 Å². The van der Waals surface area contributed by atoms with Crippen LogP contribution in [0.25, 0.3) is 11.4 Å². The van der Waals surface area contributed by atoms with Crippen LogP contribution < -0.4 is 9.74 Å². The van der Waals surface area contributed by atoms with Gasteiger partial charge >= 0.3 is 10.1 Å². The molecule has 0 amide bonds. The van der Waals surface area contributed by atoms with Crippen molar-refractivity contribution in [2.75, 3.05) is 0 Å². The Morgan fingerprint density at radius 1 is 1.23 bits per heavy atom. The highest BCUT2D eigenvalue weighted by atomic mass is 32.2. The zero-order valence-electron chi connectivity index (χ0n) is 15.2. The molecule has 136 valence electrons. The molecule has 0 saturated heterocycles. The van der Waals surface area contributed by atoms with E-state index in [4.69, 9.17) is 4.18 Å². The third-order valence-electron chi connectivity index (χ3n) is 3.86. The summed E-state index contributed by atoms with van der Waals surface area (Å²) in [5, 5.41) is 0. The first-order valence-corrected chi connectivity index (χ1v) is 13.2. The van der Waals surface area contributed by atoms with Crippen LogP contribution in [0.1, 0.15) is 12.5 Å². The molecule has 3 rings (SSSR count). The Labute approximate surface area is 154 Å². The zero-order chi connectivity index (χ0) is 19.1. The van der Waals surface area contributed by atoms with Crippen molar-refractivity contribution in [1.82, 2.24) is 9.55 Å². The molecule has 2 bridgehead atoms. The second-order valence-electron chi connectivity index (χ2n) is 7.05. The maximum absolute atomic E-state index is 13.0. The lowest BCUT2D eigenvalue weighted by molar-refractivity contribution is 0.473. The first-order valence-electron chi connectivity index (χ1n) is 8.31. The maximum atomic E-state index is 13.0. The van der Waals surface area contributed by atoms with Crippen molar-refractivity contribution in [2.24, 2.45) is 0 Å². The van der Waals surface area contributed by atoms with Gasteiger partial charge in [0.2, 0.25) is 5.88 Å². The molecule has 0 radical (unpaired) electrons. The molecule has 1 aliphatic rings. The molecular weight excluding hydrogens is 368 g/mol. The predicted octanol–water partition coefficient (Wildman–Crippen LogP) is 2.43. The summed E-state index contributed by atoms with van der Waals surface area (Å²) in [5.41, 5.74) is 3.50. The van der Waals surface area contributed by atoms with E-state index >= 15 is 0 Å². The van der Waals surface area contributed by atoms with Gasteiger partial charge in [-0.25, -0.2) is 0 Å². The number of aromatic nitrogens is 2. The molecular formula is C18H20N2O4SSi. The molecule has 8 heteroatoms. The highest BCUT2D eigenvalue weighted by Crippen LogP contribution is 2.33. The SMILES string of the molecule is CCc1c2nc(n(CC#C[Si](C)(C)C)c1=O)-c1ccccc1S(=O)(=O)O2. The van der Waals surface area contributed by atoms with E-state index in [-0.39, 0.29) is 34.3 Å². The number of nitrogens with zero attached hydrogens (tertiary/aromatic N) is 2. The average molecular weight is 389 g/mol. The summed E-state index contributed by atoms with van der Waals surface area (Å²) < 4.78 is 31.8. The monoisotopic (exact) mass is 388 g/mol. The number of hydrogen-bond donors (Lipinski definition) is 0. The second kappa shape index (κ2) is 6.41. The lowest BCUT2D eigenvalue weighted by Crippen LogP contribution is -2.27. The van der Waals surface area contributed by atoms with Crippen molar-refractivity contribution < 1.29 is 12.6 Å². The topological polar surface area (TPSA) is 78.3 Å². The fourth-order valence-electron chi connectivity index (χ4n) is 2.70. The summed E-state index contributed by atoms with van der Waals surface area (Å²) in [6.45, 7) is 8.28. The molecule has 6 nitrogen and oxygen atoms in total. The lowest BCUT2D eigenvalue weighted by atomic mass is 10.2. The number of hydrogen-bond acceptors (Lipinski definition) is 5. The fraction of sp³-hybridized carbons (Fsp3) is 0.333. The number of fused-ring (bicyclic) bond motifs is 4. The fourth-order valence-corrected chi connectivity index (χ4v) is 4.42. The molecule has 2 heterocycles. The molecule has 0 N–H and O–H groups in total. The molecule has 0 aliphatic carbocycles. The van der Waals surface area contributed by atoms with Gasteiger partial charge in [-0.15, -0.1) is 5.54 Å². The Bertz CT molecular complexity index is 1100. The largest absolute Gasteiger partial charge is 0.358 e. The van der Waals surface area contributed by atoms with E-state index in [2.05, 4.69) is 36.1 Å². The summed E-state index contributed by atoms with van der Waals surface area (Å²) in [7, 11) is -5.64. The van der Waals surface area contributed by atoms with Gasteiger partial charge in [0.05, 0.1) is 12.1 Å². The van der Waals surface area contributed by atoms with Crippen LogP contribution in [0.4, 0.5) is 0 Å². The minimum absolute atomic E-state index is 0.00191. The Balaban J connectivity index is 2.31. The van der Waals surface area contributed by atoms with Crippen molar-refractivity contribution in [3.63, 3.8) is 0 Å². The van der Waals surface area contributed by atoms with E-state index in [9.17, 15) is 13.2 Å². The first-order chi connectivity index (χ1) is 12.1. The molecule has 1 aliphatic heterocycles. The zero-order valence-corrected chi connectivity index (χ0v) is 17.0. The van der Waals surface area contributed by atoms with Gasteiger partial charge in [-0.3, -0.25) is 9.36 Å². The smallest absolute Gasteiger partial charge is 0.341 e.